The molecule has 11 heteroatoms. The Balaban J connectivity index is 1.99. The highest BCUT2D eigenvalue weighted by molar-refractivity contribution is 6.50. The number of carbonyl (C=O) groups excluding carboxylic acids is 1. The lowest BCUT2D eigenvalue weighted by molar-refractivity contribution is -0.393. The monoisotopic (exact) mass is 370 g/mol. The Morgan fingerprint density at radius 3 is 2.19 bits per heavy atom. The number of non-ortho nitro benzene ring substituents is 1. The summed E-state index contributed by atoms with van der Waals surface area (Å²) in [6, 6.07) is 8.94. The minimum Gasteiger partial charge on any atom is -0.462 e. The third kappa shape index (κ3) is 3.71. The van der Waals surface area contributed by atoms with Crippen LogP contribution >= 0.6 is 0 Å². The number of benzene rings is 1. The Hall–Kier alpha value is -4.28. The highest BCUT2D eigenvalue weighted by atomic mass is 16.6. The van der Waals surface area contributed by atoms with Crippen LogP contribution in [0.25, 0.3) is 0 Å². The van der Waals surface area contributed by atoms with Crippen LogP contribution in [0.15, 0.2) is 68.9 Å². The van der Waals surface area contributed by atoms with Gasteiger partial charge in [-0.15, -0.1) is 0 Å². The Morgan fingerprint density at radius 1 is 0.963 bits per heavy atom. The average molecular weight is 370 g/mol. The zero-order valence-electron chi connectivity index (χ0n) is 13.4. The first-order valence-corrected chi connectivity index (χ1v) is 7.36. The molecule has 0 aliphatic carbocycles. The van der Waals surface area contributed by atoms with E-state index in [1.54, 1.807) is 0 Å². The molecule has 2 heterocycles. The van der Waals surface area contributed by atoms with Gasteiger partial charge in [0.25, 0.3) is 11.5 Å². The quantitative estimate of drug-likeness (QED) is 0.287. The summed E-state index contributed by atoms with van der Waals surface area (Å²) < 4.78 is 10.2. The predicted molar refractivity (Wildman–Crippen MR) is 91.7 cm³/mol. The van der Waals surface area contributed by atoms with Crippen LogP contribution in [0, 0.1) is 20.2 Å². The van der Waals surface area contributed by atoms with Crippen molar-refractivity contribution in [3.63, 3.8) is 0 Å². The van der Waals surface area contributed by atoms with Crippen LogP contribution in [0.2, 0.25) is 0 Å². The number of anilines is 1. The number of hydrazone groups is 1. The number of carbonyl (C=O) groups is 1. The van der Waals surface area contributed by atoms with Crippen LogP contribution in [0.5, 0.6) is 0 Å². The first kappa shape index (κ1) is 17.5. The van der Waals surface area contributed by atoms with Gasteiger partial charge in [-0.05, 0) is 30.3 Å². The summed E-state index contributed by atoms with van der Waals surface area (Å²) in [5, 5.41) is 25.9. The Bertz CT molecular complexity index is 1020. The van der Waals surface area contributed by atoms with E-state index >= 15 is 0 Å². The van der Waals surface area contributed by atoms with Gasteiger partial charge in [0.15, 0.2) is 17.2 Å². The number of nitro benzene ring substituents is 2. The first-order chi connectivity index (χ1) is 13.0. The zero-order valence-corrected chi connectivity index (χ0v) is 13.4. The summed E-state index contributed by atoms with van der Waals surface area (Å²) in [5.41, 5.74) is 1.04. The standard InChI is InChI=1S/C16H10N4O7/c21-16(14-4-2-8-27-14)15(13-3-1-7-26-13)18-17-11-6-5-10(19(22)23)9-12(11)20(24)25/h1-9,17H/b18-15+. The molecular weight excluding hydrogens is 360 g/mol. The van der Waals surface area contributed by atoms with Crippen molar-refractivity contribution in [1.82, 2.24) is 0 Å². The molecule has 27 heavy (non-hydrogen) atoms. The van der Waals surface area contributed by atoms with E-state index < -0.39 is 27.0 Å². The molecule has 11 nitrogen and oxygen atoms in total. The fraction of sp³-hybridized carbons (Fsp3) is 0. The maximum absolute atomic E-state index is 12.5. The highest BCUT2D eigenvalue weighted by Gasteiger charge is 2.23. The Labute approximate surface area is 150 Å². The molecule has 136 valence electrons. The van der Waals surface area contributed by atoms with Gasteiger partial charge in [0, 0.05) is 6.07 Å². The molecule has 0 saturated carbocycles. The van der Waals surface area contributed by atoms with Crippen LogP contribution in [0.1, 0.15) is 16.3 Å². The number of nitro groups is 2. The van der Waals surface area contributed by atoms with Crippen molar-refractivity contribution in [1.29, 1.82) is 0 Å². The van der Waals surface area contributed by atoms with Crippen molar-refractivity contribution in [2.24, 2.45) is 5.10 Å². The smallest absolute Gasteiger partial charge is 0.301 e. The second kappa shape index (κ2) is 7.31. The van der Waals surface area contributed by atoms with Gasteiger partial charge in [-0.2, -0.15) is 5.10 Å². The summed E-state index contributed by atoms with van der Waals surface area (Å²) in [6.07, 6.45) is 2.64. The van der Waals surface area contributed by atoms with Gasteiger partial charge in [0.05, 0.1) is 28.4 Å². The van der Waals surface area contributed by atoms with Gasteiger partial charge in [0.2, 0.25) is 0 Å². The second-order valence-electron chi connectivity index (χ2n) is 5.07. The lowest BCUT2D eigenvalue weighted by atomic mass is 10.1. The van der Waals surface area contributed by atoms with Crippen LogP contribution in [-0.4, -0.2) is 21.3 Å². The summed E-state index contributed by atoms with van der Waals surface area (Å²) in [5.74, 6) is -0.523. The molecule has 0 atom stereocenters. The minimum absolute atomic E-state index is 0.00912. The maximum atomic E-state index is 12.5. The van der Waals surface area contributed by atoms with Crippen molar-refractivity contribution in [2.75, 3.05) is 5.43 Å². The molecule has 0 aliphatic heterocycles. The molecule has 3 rings (SSSR count). The van der Waals surface area contributed by atoms with Crippen molar-refractivity contribution in [2.45, 2.75) is 0 Å². The molecular formula is C16H10N4O7. The summed E-state index contributed by atoms with van der Waals surface area (Å²) in [4.78, 5) is 33.0. The van der Waals surface area contributed by atoms with E-state index in [9.17, 15) is 25.0 Å². The van der Waals surface area contributed by atoms with Crippen LogP contribution < -0.4 is 5.43 Å². The third-order valence-corrected chi connectivity index (χ3v) is 3.39. The lowest BCUT2D eigenvalue weighted by Crippen LogP contribution is -2.16. The Kier molecular flexibility index (Phi) is 4.75. The van der Waals surface area contributed by atoms with Gasteiger partial charge >= 0.3 is 5.69 Å². The Morgan fingerprint density at radius 2 is 1.63 bits per heavy atom. The largest absolute Gasteiger partial charge is 0.462 e. The molecule has 0 unspecified atom stereocenters. The fourth-order valence-corrected chi connectivity index (χ4v) is 2.15. The molecule has 1 N–H and O–H groups in total. The summed E-state index contributed by atoms with van der Waals surface area (Å²) >= 11 is 0. The molecule has 0 saturated heterocycles. The van der Waals surface area contributed by atoms with Gasteiger partial charge < -0.3 is 8.83 Å². The third-order valence-electron chi connectivity index (χ3n) is 3.39. The van der Waals surface area contributed by atoms with E-state index in [2.05, 4.69) is 10.5 Å². The number of ketones is 1. The molecule has 0 bridgehead atoms. The number of hydrogen-bond donors (Lipinski definition) is 1. The van der Waals surface area contributed by atoms with Gasteiger partial charge in [-0.25, -0.2) is 0 Å². The number of rotatable bonds is 7. The second-order valence-corrected chi connectivity index (χ2v) is 5.07. The maximum Gasteiger partial charge on any atom is 0.301 e. The molecule has 0 aliphatic rings. The lowest BCUT2D eigenvalue weighted by Gasteiger charge is -2.05. The molecule has 0 spiro atoms. The number of nitrogens with zero attached hydrogens (tertiary/aromatic N) is 3. The molecule has 3 aromatic rings. The van der Waals surface area contributed by atoms with Crippen molar-refractivity contribution < 1.29 is 23.5 Å². The minimum atomic E-state index is -0.800. The van der Waals surface area contributed by atoms with E-state index in [1.807, 2.05) is 0 Å². The van der Waals surface area contributed by atoms with Gasteiger partial charge in [-0.1, -0.05) is 0 Å². The van der Waals surface area contributed by atoms with Crippen LogP contribution in [0.4, 0.5) is 17.1 Å². The van der Waals surface area contributed by atoms with E-state index in [0.29, 0.717) is 0 Å². The number of hydrogen-bond acceptors (Lipinski definition) is 9. The molecule has 2 aromatic heterocycles. The molecule has 0 fully saturated rings. The van der Waals surface area contributed by atoms with Crippen molar-refractivity contribution in [3.05, 3.63) is 86.7 Å². The number of Topliss-reactive ketones (excluding diaryl/α,β-unsaturated/α-hetero) is 1. The summed E-state index contributed by atoms with van der Waals surface area (Å²) in [6.45, 7) is 0. The highest BCUT2D eigenvalue weighted by Crippen LogP contribution is 2.29. The van der Waals surface area contributed by atoms with E-state index in [1.165, 1.54) is 36.8 Å². The molecule has 0 amide bonds. The first-order valence-electron chi connectivity index (χ1n) is 7.36. The molecule has 1 aromatic carbocycles. The van der Waals surface area contributed by atoms with E-state index in [4.69, 9.17) is 8.83 Å². The van der Waals surface area contributed by atoms with E-state index in [0.717, 1.165) is 18.2 Å². The zero-order chi connectivity index (χ0) is 19.4. The van der Waals surface area contributed by atoms with Crippen molar-refractivity contribution >= 4 is 28.6 Å². The van der Waals surface area contributed by atoms with Gasteiger partial charge in [0.1, 0.15) is 5.69 Å². The van der Waals surface area contributed by atoms with E-state index in [-0.39, 0.29) is 22.9 Å². The number of furan rings is 2. The SMILES string of the molecule is O=C(/C(=N/Nc1ccc([N+](=O)[O-])cc1[N+](=O)[O-])c1ccco1)c1ccco1. The average Bonchev–Trinajstić information content (AvgIpc) is 3.35. The van der Waals surface area contributed by atoms with Crippen LogP contribution in [-0.2, 0) is 0 Å². The topological polar surface area (TPSA) is 154 Å². The fourth-order valence-electron chi connectivity index (χ4n) is 2.15. The predicted octanol–water partition coefficient (Wildman–Crippen LogP) is 3.39. The normalized spacial score (nSPS) is 11.2. The summed E-state index contributed by atoms with van der Waals surface area (Å²) in [7, 11) is 0. The number of nitrogens with one attached hydrogen (secondary N) is 1. The molecule has 0 radical (unpaired) electrons. The van der Waals surface area contributed by atoms with Crippen LogP contribution in [0.3, 0.4) is 0 Å². The van der Waals surface area contributed by atoms with Crippen molar-refractivity contribution in [3.8, 4) is 0 Å². The van der Waals surface area contributed by atoms with Gasteiger partial charge in [-0.3, -0.25) is 30.4 Å².